The van der Waals surface area contributed by atoms with Crippen LogP contribution in [0.5, 0.6) is 0 Å². The number of aromatic nitrogens is 2. The summed E-state index contributed by atoms with van der Waals surface area (Å²) in [5.74, 6) is 2.74. The Balaban J connectivity index is 2.19. The summed E-state index contributed by atoms with van der Waals surface area (Å²) in [6.07, 6.45) is 1.95. The van der Waals surface area contributed by atoms with E-state index < -0.39 is 0 Å². The molecule has 0 bridgehead atoms. The van der Waals surface area contributed by atoms with E-state index in [4.69, 9.17) is 0 Å². The third-order valence-corrected chi connectivity index (χ3v) is 4.70. The average molecular weight is 304 g/mol. The Bertz CT molecular complexity index is 599. The van der Waals surface area contributed by atoms with Gasteiger partial charge in [-0.25, -0.2) is 9.97 Å². The molecule has 0 spiro atoms. The maximum absolute atomic E-state index is 4.66. The Hall–Kier alpha value is -1.62. The zero-order chi connectivity index (χ0) is 15.4. The van der Waals surface area contributed by atoms with Gasteiger partial charge in [0.2, 0.25) is 0 Å². The van der Waals surface area contributed by atoms with Crippen LogP contribution in [0, 0.1) is 20.8 Å². The zero-order valence-corrected chi connectivity index (χ0v) is 14.3. The molecule has 21 heavy (non-hydrogen) atoms. The van der Waals surface area contributed by atoms with Crippen molar-refractivity contribution in [3.63, 3.8) is 0 Å². The molecule has 2 N–H and O–H groups in total. The molecule has 0 unspecified atom stereocenters. The highest BCUT2D eigenvalue weighted by Crippen LogP contribution is 2.24. The van der Waals surface area contributed by atoms with Crippen LogP contribution in [-0.2, 0) is 13.0 Å². The molecule has 0 aliphatic heterocycles. The lowest BCUT2D eigenvalue weighted by Crippen LogP contribution is -2.09. The van der Waals surface area contributed by atoms with Crippen LogP contribution in [0.1, 0.15) is 40.1 Å². The van der Waals surface area contributed by atoms with Crippen LogP contribution in [0.25, 0.3) is 0 Å². The second kappa shape index (κ2) is 6.89. The van der Waals surface area contributed by atoms with E-state index in [9.17, 15) is 0 Å². The minimum atomic E-state index is 0.811. The molecule has 2 rings (SSSR count). The van der Waals surface area contributed by atoms with Crippen LogP contribution in [0.3, 0.4) is 0 Å². The summed E-state index contributed by atoms with van der Waals surface area (Å²) in [5, 5.41) is 6.62. The molecule has 5 heteroatoms. The standard InChI is InChI=1S/C16H24N4S/c1-6-7-14-19-15(17-5)11(3)16(20-14)18-9-13-8-10(2)12(4)21-13/h8H,6-7,9H2,1-5H3,(H2,17,18,19,20). The monoisotopic (exact) mass is 304 g/mol. The quantitative estimate of drug-likeness (QED) is 0.844. The van der Waals surface area contributed by atoms with Gasteiger partial charge in [-0.15, -0.1) is 11.3 Å². The van der Waals surface area contributed by atoms with E-state index in [2.05, 4.69) is 54.4 Å². The van der Waals surface area contributed by atoms with Gasteiger partial charge in [-0.2, -0.15) is 0 Å². The van der Waals surface area contributed by atoms with Gasteiger partial charge in [-0.3, -0.25) is 0 Å². The molecule has 0 saturated carbocycles. The largest absolute Gasteiger partial charge is 0.373 e. The van der Waals surface area contributed by atoms with E-state index in [1.807, 2.05) is 18.4 Å². The van der Waals surface area contributed by atoms with Gasteiger partial charge in [-0.05, 0) is 38.8 Å². The fraction of sp³-hybridized carbons (Fsp3) is 0.500. The van der Waals surface area contributed by atoms with Gasteiger partial charge < -0.3 is 10.6 Å². The third-order valence-electron chi connectivity index (χ3n) is 3.55. The predicted octanol–water partition coefficient (Wildman–Crippen LogP) is 4.07. The van der Waals surface area contributed by atoms with Crippen molar-refractivity contribution in [1.29, 1.82) is 0 Å². The lowest BCUT2D eigenvalue weighted by atomic mass is 10.2. The first-order valence-corrected chi connectivity index (χ1v) is 8.21. The van der Waals surface area contributed by atoms with Crippen LogP contribution in [0.4, 0.5) is 11.6 Å². The molecular formula is C16H24N4S. The second-order valence-electron chi connectivity index (χ2n) is 5.27. The van der Waals surface area contributed by atoms with E-state index in [0.29, 0.717) is 0 Å². The summed E-state index contributed by atoms with van der Waals surface area (Å²) in [4.78, 5) is 11.9. The lowest BCUT2D eigenvalue weighted by molar-refractivity contribution is 0.832. The average Bonchev–Trinajstić information content (AvgIpc) is 2.78. The maximum Gasteiger partial charge on any atom is 0.135 e. The first-order valence-electron chi connectivity index (χ1n) is 7.40. The van der Waals surface area contributed by atoms with Crippen molar-refractivity contribution in [1.82, 2.24) is 9.97 Å². The summed E-state index contributed by atoms with van der Waals surface area (Å²) in [6.45, 7) is 9.33. The van der Waals surface area contributed by atoms with Gasteiger partial charge in [0.15, 0.2) is 0 Å². The molecule has 0 atom stereocenters. The van der Waals surface area contributed by atoms with Gasteiger partial charge in [0.1, 0.15) is 17.5 Å². The third kappa shape index (κ3) is 3.73. The second-order valence-corrected chi connectivity index (χ2v) is 6.61. The minimum Gasteiger partial charge on any atom is -0.373 e. The smallest absolute Gasteiger partial charge is 0.135 e. The Morgan fingerprint density at radius 1 is 1.14 bits per heavy atom. The Morgan fingerprint density at radius 3 is 2.43 bits per heavy atom. The molecule has 0 amide bonds. The summed E-state index contributed by atoms with van der Waals surface area (Å²) < 4.78 is 0. The molecule has 4 nitrogen and oxygen atoms in total. The normalized spacial score (nSPS) is 10.7. The first kappa shape index (κ1) is 15.8. The van der Waals surface area contributed by atoms with Crippen molar-refractivity contribution in [3.8, 4) is 0 Å². The molecule has 0 fully saturated rings. The van der Waals surface area contributed by atoms with Crippen molar-refractivity contribution < 1.29 is 0 Å². The van der Waals surface area contributed by atoms with Crippen molar-refractivity contribution in [2.75, 3.05) is 17.7 Å². The fourth-order valence-electron chi connectivity index (χ4n) is 2.22. The highest BCUT2D eigenvalue weighted by molar-refractivity contribution is 7.12. The van der Waals surface area contributed by atoms with Crippen LogP contribution < -0.4 is 10.6 Å². The van der Waals surface area contributed by atoms with E-state index in [-0.39, 0.29) is 0 Å². The molecule has 0 aromatic carbocycles. The Labute approximate surface area is 131 Å². The Morgan fingerprint density at radius 2 is 1.86 bits per heavy atom. The molecular weight excluding hydrogens is 280 g/mol. The number of hydrogen-bond donors (Lipinski definition) is 2. The highest BCUT2D eigenvalue weighted by atomic mass is 32.1. The number of rotatable bonds is 6. The van der Waals surface area contributed by atoms with Crippen LogP contribution in [-0.4, -0.2) is 17.0 Å². The SMILES string of the molecule is CCCc1nc(NC)c(C)c(NCc2cc(C)c(C)s2)n1. The Kier molecular flexibility index (Phi) is 5.17. The molecule has 0 aliphatic rings. The topological polar surface area (TPSA) is 49.8 Å². The molecule has 2 aromatic rings. The van der Waals surface area contributed by atoms with Crippen molar-refractivity contribution in [2.45, 2.75) is 47.1 Å². The summed E-state index contributed by atoms with van der Waals surface area (Å²) in [5.41, 5.74) is 2.43. The number of aryl methyl sites for hydroxylation is 3. The first-order chi connectivity index (χ1) is 10.0. The van der Waals surface area contributed by atoms with Gasteiger partial charge in [0.25, 0.3) is 0 Å². The predicted molar refractivity (Wildman–Crippen MR) is 91.4 cm³/mol. The molecule has 2 heterocycles. The van der Waals surface area contributed by atoms with E-state index in [1.54, 1.807) is 0 Å². The summed E-state index contributed by atoms with van der Waals surface area (Å²) >= 11 is 1.84. The molecule has 0 aliphatic carbocycles. The van der Waals surface area contributed by atoms with Gasteiger partial charge in [-0.1, -0.05) is 6.92 Å². The summed E-state index contributed by atoms with van der Waals surface area (Å²) in [7, 11) is 1.90. The molecule has 0 radical (unpaired) electrons. The molecule has 0 saturated heterocycles. The lowest BCUT2D eigenvalue weighted by Gasteiger charge is -2.13. The van der Waals surface area contributed by atoms with Crippen molar-refractivity contribution in [2.24, 2.45) is 0 Å². The number of anilines is 2. The van der Waals surface area contributed by atoms with Gasteiger partial charge >= 0.3 is 0 Å². The van der Waals surface area contributed by atoms with E-state index >= 15 is 0 Å². The molecule has 2 aromatic heterocycles. The summed E-state index contributed by atoms with van der Waals surface area (Å²) in [6, 6.07) is 2.25. The highest BCUT2D eigenvalue weighted by Gasteiger charge is 2.10. The van der Waals surface area contributed by atoms with Crippen molar-refractivity contribution >= 4 is 23.0 Å². The van der Waals surface area contributed by atoms with Crippen LogP contribution in [0.2, 0.25) is 0 Å². The van der Waals surface area contributed by atoms with Crippen LogP contribution in [0.15, 0.2) is 6.07 Å². The van der Waals surface area contributed by atoms with Crippen LogP contribution >= 0.6 is 11.3 Å². The maximum atomic E-state index is 4.66. The minimum absolute atomic E-state index is 0.811. The van der Waals surface area contributed by atoms with E-state index in [0.717, 1.165) is 42.4 Å². The van der Waals surface area contributed by atoms with Gasteiger partial charge in [0, 0.05) is 28.8 Å². The fourth-order valence-corrected chi connectivity index (χ4v) is 3.21. The molecule has 114 valence electrons. The number of nitrogens with zero attached hydrogens (tertiary/aromatic N) is 2. The van der Waals surface area contributed by atoms with Gasteiger partial charge in [0.05, 0.1) is 6.54 Å². The van der Waals surface area contributed by atoms with Crippen molar-refractivity contribution in [3.05, 3.63) is 32.8 Å². The van der Waals surface area contributed by atoms with E-state index in [1.165, 1.54) is 15.3 Å². The zero-order valence-electron chi connectivity index (χ0n) is 13.5. The number of nitrogens with one attached hydrogen (secondary N) is 2. The number of hydrogen-bond acceptors (Lipinski definition) is 5. The number of thiophene rings is 1.